The van der Waals surface area contributed by atoms with Gasteiger partial charge in [0.1, 0.15) is 0 Å². The van der Waals surface area contributed by atoms with Gasteiger partial charge in [-0.25, -0.2) is 4.79 Å². The quantitative estimate of drug-likeness (QED) is 0.477. The Morgan fingerprint density at radius 1 is 1.50 bits per heavy atom. The van der Waals surface area contributed by atoms with Crippen LogP contribution < -0.4 is 5.32 Å². The zero-order valence-corrected chi connectivity index (χ0v) is 12.9. The molecule has 0 amide bonds. The van der Waals surface area contributed by atoms with Crippen LogP contribution in [0.25, 0.3) is 0 Å². The molecule has 2 rings (SSSR count). The van der Waals surface area contributed by atoms with Crippen molar-refractivity contribution in [2.45, 2.75) is 12.8 Å². The third-order valence-electron chi connectivity index (χ3n) is 3.52. The minimum absolute atomic E-state index is 0.326. The van der Waals surface area contributed by atoms with Crippen LogP contribution in [0.2, 0.25) is 0 Å². The van der Waals surface area contributed by atoms with Crippen LogP contribution in [-0.4, -0.2) is 31.2 Å². The summed E-state index contributed by atoms with van der Waals surface area (Å²) in [6.45, 7) is 1.88. The van der Waals surface area contributed by atoms with E-state index in [9.17, 15) is 4.79 Å². The Hall–Kier alpha value is -2.20. The lowest BCUT2D eigenvalue weighted by molar-refractivity contribution is -0.134. The van der Waals surface area contributed by atoms with Gasteiger partial charge in [0.2, 0.25) is 0 Å². The van der Waals surface area contributed by atoms with Crippen LogP contribution in [0.3, 0.4) is 0 Å². The van der Waals surface area contributed by atoms with Crippen LogP contribution in [0.1, 0.15) is 12.1 Å². The van der Waals surface area contributed by atoms with Crippen LogP contribution in [0.5, 0.6) is 0 Å². The van der Waals surface area contributed by atoms with Crippen molar-refractivity contribution >= 4 is 5.97 Å². The first-order valence-corrected chi connectivity index (χ1v) is 7.53. The minimum Gasteiger partial charge on any atom is -0.466 e. The van der Waals surface area contributed by atoms with Gasteiger partial charge in [0.15, 0.2) is 0 Å². The summed E-state index contributed by atoms with van der Waals surface area (Å²) in [5.41, 5.74) is 2.17. The molecule has 116 valence electrons. The predicted octanol–water partition coefficient (Wildman–Crippen LogP) is 2.45. The highest BCUT2D eigenvalue weighted by Crippen LogP contribution is 2.16. The van der Waals surface area contributed by atoms with Crippen molar-refractivity contribution in [2.24, 2.45) is 5.92 Å². The number of aromatic nitrogens is 1. The third-order valence-corrected chi connectivity index (χ3v) is 3.52. The number of carbonyl (C=O) groups is 1. The summed E-state index contributed by atoms with van der Waals surface area (Å²) in [6.07, 6.45) is 13.4. The zero-order chi connectivity index (χ0) is 15.6. The highest BCUT2D eigenvalue weighted by molar-refractivity contribution is 5.82. The van der Waals surface area contributed by atoms with Crippen molar-refractivity contribution in [3.05, 3.63) is 66.0 Å². The van der Waals surface area contributed by atoms with Gasteiger partial charge in [-0.05, 0) is 36.1 Å². The van der Waals surface area contributed by atoms with Crippen LogP contribution >= 0.6 is 0 Å². The third kappa shape index (κ3) is 5.66. The molecule has 0 saturated carbocycles. The highest BCUT2D eigenvalue weighted by atomic mass is 16.5. The second-order valence-corrected chi connectivity index (χ2v) is 5.19. The number of allylic oxidation sites excluding steroid dienone is 4. The Balaban J connectivity index is 1.65. The SMILES string of the molecule is COC(=O)/C=C/C1=CCC(CNCCc2ccccn2)C=C1. The lowest BCUT2D eigenvalue weighted by Gasteiger charge is -2.15. The number of pyridine rings is 1. The molecule has 4 nitrogen and oxygen atoms in total. The van der Waals surface area contributed by atoms with Gasteiger partial charge >= 0.3 is 5.97 Å². The van der Waals surface area contributed by atoms with Gasteiger partial charge in [0.25, 0.3) is 0 Å². The summed E-state index contributed by atoms with van der Waals surface area (Å²) in [5, 5.41) is 3.47. The molecule has 22 heavy (non-hydrogen) atoms. The monoisotopic (exact) mass is 298 g/mol. The predicted molar refractivity (Wildman–Crippen MR) is 87.3 cm³/mol. The van der Waals surface area contributed by atoms with Gasteiger partial charge in [-0.1, -0.05) is 24.3 Å². The van der Waals surface area contributed by atoms with E-state index in [1.54, 1.807) is 6.08 Å². The Labute approximate surface area is 131 Å². The Bertz CT molecular complexity index is 562. The van der Waals surface area contributed by atoms with Gasteiger partial charge in [0.05, 0.1) is 7.11 Å². The summed E-state index contributed by atoms with van der Waals surface area (Å²) in [7, 11) is 1.38. The van der Waals surface area contributed by atoms with Crippen molar-refractivity contribution in [2.75, 3.05) is 20.2 Å². The maximum atomic E-state index is 11.0. The maximum absolute atomic E-state index is 11.0. The van der Waals surface area contributed by atoms with E-state index in [0.29, 0.717) is 5.92 Å². The standard InChI is InChI=1S/C18H22N2O2/c1-22-18(21)10-9-15-5-7-16(8-6-15)14-19-13-11-17-4-2-3-12-20-17/h2-7,9-10,12,16,19H,8,11,13-14H2,1H3/b10-9+. The molecule has 1 aromatic heterocycles. The first-order valence-electron chi connectivity index (χ1n) is 7.53. The van der Waals surface area contributed by atoms with Crippen molar-refractivity contribution in [1.82, 2.24) is 10.3 Å². The molecule has 1 heterocycles. The maximum Gasteiger partial charge on any atom is 0.330 e. The van der Waals surface area contributed by atoms with Crippen LogP contribution in [0.15, 0.2) is 60.3 Å². The number of rotatable bonds is 7. The molecular formula is C18H22N2O2. The molecule has 0 fully saturated rings. The van der Waals surface area contributed by atoms with Crippen molar-refractivity contribution in [3.8, 4) is 0 Å². The fourth-order valence-corrected chi connectivity index (χ4v) is 2.24. The van der Waals surface area contributed by atoms with E-state index in [2.05, 4.69) is 27.2 Å². The highest BCUT2D eigenvalue weighted by Gasteiger charge is 2.07. The van der Waals surface area contributed by atoms with Gasteiger partial charge < -0.3 is 10.1 Å². The Morgan fingerprint density at radius 3 is 3.09 bits per heavy atom. The molecule has 1 unspecified atom stereocenters. The van der Waals surface area contributed by atoms with Crippen LogP contribution in [0, 0.1) is 5.92 Å². The summed E-state index contributed by atoms with van der Waals surface area (Å²) >= 11 is 0. The number of hydrogen-bond acceptors (Lipinski definition) is 4. The number of esters is 1. The number of nitrogens with zero attached hydrogens (tertiary/aromatic N) is 1. The van der Waals surface area contributed by atoms with Gasteiger partial charge in [-0.3, -0.25) is 4.98 Å². The average molecular weight is 298 g/mol. The number of nitrogens with one attached hydrogen (secondary N) is 1. The van der Waals surface area contributed by atoms with E-state index in [-0.39, 0.29) is 5.97 Å². The summed E-state index contributed by atoms with van der Waals surface area (Å²) in [4.78, 5) is 15.3. The molecule has 0 bridgehead atoms. The van der Waals surface area contributed by atoms with E-state index >= 15 is 0 Å². The smallest absolute Gasteiger partial charge is 0.330 e. The van der Waals surface area contributed by atoms with Gasteiger partial charge in [-0.15, -0.1) is 0 Å². The van der Waals surface area contributed by atoms with Crippen molar-refractivity contribution < 1.29 is 9.53 Å². The number of hydrogen-bond donors (Lipinski definition) is 1. The van der Waals surface area contributed by atoms with Crippen LogP contribution in [0.4, 0.5) is 0 Å². The molecule has 1 aliphatic rings. The van der Waals surface area contributed by atoms with Crippen LogP contribution in [-0.2, 0) is 16.0 Å². The van der Waals surface area contributed by atoms with Crippen molar-refractivity contribution in [1.29, 1.82) is 0 Å². The van der Waals surface area contributed by atoms with Gasteiger partial charge in [0, 0.05) is 37.5 Å². The fourth-order valence-electron chi connectivity index (χ4n) is 2.24. The molecule has 0 radical (unpaired) electrons. The molecule has 4 heteroatoms. The fraction of sp³-hybridized carbons (Fsp3) is 0.333. The molecule has 0 saturated heterocycles. The van der Waals surface area contributed by atoms with E-state index in [1.165, 1.54) is 13.2 Å². The molecule has 0 aliphatic heterocycles. The first-order chi connectivity index (χ1) is 10.8. The molecule has 0 aromatic carbocycles. The average Bonchev–Trinajstić information content (AvgIpc) is 2.58. The molecule has 1 aromatic rings. The Kier molecular flexibility index (Phi) is 6.58. The van der Waals surface area contributed by atoms with E-state index in [1.807, 2.05) is 30.5 Å². The second-order valence-electron chi connectivity index (χ2n) is 5.19. The first kappa shape index (κ1) is 16.2. The summed E-state index contributed by atoms with van der Waals surface area (Å²) in [6, 6.07) is 5.99. The summed E-state index contributed by atoms with van der Waals surface area (Å²) < 4.78 is 4.57. The topological polar surface area (TPSA) is 51.2 Å². The van der Waals surface area contributed by atoms with E-state index < -0.39 is 0 Å². The summed E-state index contributed by atoms with van der Waals surface area (Å²) in [5.74, 6) is 0.173. The number of methoxy groups -OCH3 is 1. The zero-order valence-electron chi connectivity index (χ0n) is 12.9. The van der Waals surface area contributed by atoms with Crippen molar-refractivity contribution in [3.63, 3.8) is 0 Å². The molecule has 1 atom stereocenters. The lowest BCUT2D eigenvalue weighted by Crippen LogP contribution is -2.24. The molecular weight excluding hydrogens is 276 g/mol. The van der Waals surface area contributed by atoms with E-state index in [0.717, 1.165) is 37.2 Å². The largest absolute Gasteiger partial charge is 0.466 e. The molecule has 1 N–H and O–H groups in total. The molecule has 0 spiro atoms. The number of carbonyl (C=O) groups excluding carboxylic acids is 1. The number of ether oxygens (including phenoxy) is 1. The normalized spacial score (nSPS) is 17.5. The second kappa shape index (κ2) is 8.95. The lowest BCUT2D eigenvalue weighted by atomic mass is 9.96. The van der Waals surface area contributed by atoms with Gasteiger partial charge in [-0.2, -0.15) is 0 Å². The minimum atomic E-state index is -0.326. The van der Waals surface area contributed by atoms with E-state index in [4.69, 9.17) is 0 Å². The Morgan fingerprint density at radius 2 is 2.41 bits per heavy atom. The molecule has 1 aliphatic carbocycles.